The molecule has 1 heterocycles. The highest BCUT2D eigenvalue weighted by Crippen LogP contribution is 2.18. The molecule has 3 nitrogen and oxygen atoms in total. The van der Waals surface area contributed by atoms with E-state index in [0.717, 1.165) is 18.9 Å². The van der Waals surface area contributed by atoms with E-state index in [1.165, 1.54) is 17.9 Å². The van der Waals surface area contributed by atoms with E-state index in [9.17, 15) is 13.6 Å². The first-order chi connectivity index (χ1) is 8.49. The molecule has 1 aliphatic heterocycles. The molecule has 0 bridgehead atoms. The number of benzene rings is 1. The van der Waals surface area contributed by atoms with Crippen molar-refractivity contribution in [2.75, 3.05) is 13.1 Å². The van der Waals surface area contributed by atoms with Gasteiger partial charge in [-0.15, -0.1) is 12.4 Å². The molecule has 0 radical (unpaired) electrons. The second-order valence-electron chi connectivity index (χ2n) is 4.73. The number of carbonyl (C=O) groups excluding carboxylic acids is 1. The predicted molar refractivity (Wildman–Crippen MR) is 71.5 cm³/mol. The Hall–Kier alpha value is -1.20. The zero-order valence-corrected chi connectivity index (χ0v) is 11.5. The van der Waals surface area contributed by atoms with Crippen LogP contribution < -0.4 is 5.73 Å². The number of piperidine rings is 1. The van der Waals surface area contributed by atoms with Gasteiger partial charge < -0.3 is 10.6 Å². The number of carbonyl (C=O) groups is 1. The molecule has 1 unspecified atom stereocenters. The fraction of sp³-hybridized carbons (Fsp3) is 0.462. The third kappa shape index (κ3) is 3.42. The number of amides is 1. The van der Waals surface area contributed by atoms with Crippen LogP contribution in [0, 0.1) is 18.6 Å². The quantitative estimate of drug-likeness (QED) is 0.862. The van der Waals surface area contributed by atoms with Gasteiger partial charge in [0.15, 0.2) is 0 Å². The van der Waals surface area contributed by atoms with E-state index in [4.69, 9.17) is 5.73 Å². The molecule has 0 aromatic heterocycles. The lowest BCUT2D eigenvalue weighted by Gasteiger charge is -2.31. The number of likely N-dealkylation sites (tertiary alicyclic amines) is 1. The Morgan fingerprint density at radius 1 is 1.37 bits per heavy atom. The third-order valence-electron chi connectivity index (χ3n) is 3.22. The second kappa shape index (κ2) is 6.30. The van der Waals surface area contributed by atoms with E-state index >= 15 is 0 Å². The number of hydrogen-bond donors (Lipinski definition) is 1. The van der Waals surface area contributed by atoms with Gasteiger partial charge in [-0.05, 0) is 31.4 Å². The molecule has 2 N–H and O–H groups in total. The summed E-state index contributed by atoms with van der Waals surface area (Å²) < 4.78 is 26.8. The van der Waals surface area contributed by atoms with Crippen LogP contribution in [-0.2, 0) is 0 Å². The van der Waals surface area contributed by atoms with Crippen molar-refractivity contribution in [1.29, 1.82) is 0 Å². The van der Waals surface area contributed by atoms with Crippen molar-refractivity contribution in [3.8, 4) is 0 Å². The van der Waals surface area contributed by atoms with Crippen molar-refractivity contribution in [1.82, 2.24) is 4.90 Å². The molecule has 1 atom stereocenters. The van der Waals surface area contributed by atoms with E-state index in [2.05, 4.69) is 0 Å². The van der Waals surface area contributed by atoms with Gasteiger partial charge in [0.2, 0.25) is 0 Å². The molecular formula is C13H17ClF2N2O. The topological polar surface area (TPSA) is 46.3 Å². The van der Waals surface area contributed by atoms with Gasteiger partial charge in [-0.3, -0.25) is 4.79 Å². The van der Waals surface area contributed by atoms with Crippen molar-refractivity contribution in [2.45, 2.75) is 25.8 Å². The molecule has 0 saturated carbocycles. The molecular weight excluding hydrogens is 274 g/mol. The number of hydrogen-bond acceptors (Lipinski definition) is 2. The Morgan fingerprint density at radius 2 is 2.05 bits per heavy atom. The van der Waals surface area contributed by atoms with Gasteiger partial charge in [0, 0.05) is 25.2 Å². The van der Waals surface area contributed by atoms with Crippen molar-refractivity contribution in [2.24, 2.45) is 5.73 Å². The summed E-state index contributed by atoms with van der Waals surface area (Å²) in [4.78, 5) is 13.7. The fourth-order valence-corrected chi connectivity index (χ4v) is 2.19. The van der Waals surface area contributed by atoms with Gasteiger partial charge in [-0.1, -0.05) is 0 Å². The summed E-state index contributed by atoms with van der Waals surface area (Å²) >= 11 is 0. The average Bonchev–Trinajstić information content (AvgIpc) is 2.33. The lowest BCUT2D eigenvalue weighted by atomic mass is 10.0. The highest BCUT2D eigenvalue weighted by atomic mass is 35.5. The fourth-order valence-electron chi connectivity index (χ4n) is 2.19. The SMILES string of the molecule is Cc1cc(C(=O)N2CCCC(N)C2)c(F)cc1F.Cl. The normalized spacial score (nSPS) is 18.9. The van der Waals surface area contributed by atoms with Crippen LogP contribution >= 0.6 is 12.4 Å². The maximum Gasteiger partial charge on any atom is 0.256 e. The highest BCUT2D eigenvalue weighted by molar-refractivity contribution is 5.94. The minimum Gasteiger partial charge on any atom is -0.337 e. The van der Waals surface area contributed by atoms with Gasteiger partial charge in [0.05, 0.1) is 5.56 Å². The molecule has 0 spiro atoms. The van der Waals surface area contributed by atoms with E-state index in [1.807, 2.05) is 0 Å². The summed E-state index contributed by atoms with van der Waals surface area (Å²) in [5.41, 5.74) is 5.97. The smallest absolute Gasteiger partial charge is 0.256 e. The largest absolute Gasteiger partial charge is 0.337 e. The minimum atomic E-state index is -0.817. The molecule has 1 aliphatic rings. The zero-order chi connectivity index (χ0) is 13.3. The van der Waals surface area contributed by atoms with Crippen LogP contribution in [0.5, 0.6) is 0 Å². The van der Waals surface area contributed by atoms with Gasteiger partial charge >= 0.3 is 0 Å². The Bertz CT molecular complexity index is 482. The molecule has 19 heavy (non-hydrogen) atoms. The summed E-state index contributed by atoms with van der Waals surface area (Å²) in [6.07, 6.45) is 1.68. The Labute approximate surface area is 117 Å². The summed E-state index contributed by atoms with van der Waals surface area (Å²) in [6, 6.07) is 1.95. The first kappa shape index (κ1) is 15.9. The van der Waals surface area contributed by atoms with Gasteiger partial charge in [-0.25, -0.2) is 8.78 Å². The van der Waals surface area contributed by atoms with Crippen LogP contribution in [0.4, 0.5) is 8.78 Å². The first-order valence-corrected chi connectivity index (χ1v) is 5.99. The number of rotatable bonds is 1. The molecule has 1 amide bonds. The lowest BCUT2D eigenvalue weighted by Crippen LogP contribution is -2.45. The van der Waals surface area contributed by atoms with Gasteiger partial charge in [0.1, 0.15) is 11.6 Å². The summed E-state index contributed by atoms with van der Waals surface area (Å²) in [5, 5.41) is 0. The van der Waals surface area contributed by atoms with E-state index in [-0.39, 0.29) is 29.6 Å². The van der Waals surface area contributed by atoms with E-state index < -0.39 is 17.5 Å². The number of halogens is 3. The van der Waals surface area contributed by atoms with Gasteiger partial charge in [0.25, 0.3) is 5.91 Å². The van der Waals surface area contributed by atoms with Crippen molar-refractivity contribution < 1.29 is 13.6 Å². The molecule has 1 aromatic carbocycles. The van der Waals surface area contributed by atoms with Crippen LogP contribution in [0.25, 0.3) is 0 Å². The lowest BCUT2D eigenvalue weighted by molar-refractivity contribution is 0.0704. The predicted octanol–water partition coefficient (Wildman–Crippen LogP) is 2.26. The van der Waals surface area contributed by atoms with Crippen LogP contribution in [-0.4, -0.2) is 29.9 Å². The molecule has 1 aromatic rings. The van der Waals surface area contributed by atoms with Gasteiger partial charge in [-0.2, -0.15) is 0 Å². The summed E-state index contributed by atoms with van der Waals surface area (Å²) in [7, 11) is 0. The zero-order valence-electron chi connectivity index (χ0n) is 10.7. The van der Waals surface area contributed by atoms with Crippen molar-refractivity contribution >= 4 is 18.3 Å². The van der Waals surface area contributed by atoms with E-state index in [0.29, 0.717) is 13.1 Å². The Kier molecular flexibility index (Phi) is 5.26. The monoisotopic (exact) mass is 290 g/mol. The molecule has 1 fully saturated rings. The molecule has 0 aliphatic carbocycles. The van der Waals surface area contributed by atoms with Crippen LogP contribution in [0.1, 0.15) is 28.8 Å². The first-order valence-electron chi connectivity index (χ1n) is 5.99. The van der Waals surface area contributed by atoms with Crippen molar-refractivity contribution in [3.05, 3.63) is 34.9 Å². The summed E-state index contributed by atoms with van der Waals surface area (Å²) in [6.45, 7) is 2.50. The minimum absolute atomic E-state index is 0. The van der Waals surface area contributed by atoms with Crippen LogP contribution in [0.15, 0.2) is 12.1 Å². The molecule has 2 rings (SSSR count). The van der Waals surface area contributed by atoms with E-state index in [1.54, 1.807) is 0 Å². The third-order valence-corrected chi connectivity index (χ3v) is 3.22. The molecule has 6 heteroatoms. The second-order valence-corrected chi connectivity index (χ2v) is 4.73. The standard InChI is InChI=1S/C13H16F2N2O.ClH/c1-8-5-10(12(15)6-11(8)14)13(18)17-4-2-3-9(16)7-17;/h5-6,9H,2-4,7,16H2,1H3;1H. The molecule has 1 saturated heterocycles. The summed E-state index contributed by atoms with van der Waals surface area (Å²) in [5.74, 6) is -1.87. The highest BCUT2D eigenvalue weighted by Gasteiger charge is 2.24. The van der Waals surface area contributed by atoms with Crippen LogP contribution in [0.2, 0.25) is 0 Å². The number of aryl methyl sites for hydroxylation is 1. The average molecular weight is 291 g/mol. The van der Waals surface area contributed by atoms with Crippen LogP contribution in [0.3, 0.4) is 0 Å². The Balaban J connectivity index is 0.00000180. The van der Waals surface area contributed by atoms with Crippen molar-refractivity contribution in [3.63, 3.8) is 0 Å². The maximum atomic E-state index is 13.6. The maximum absolute atomic E-state index is 13.6. The number of nitrogens with zero attached hydrogens (tertiary/aromatic N) is 1. The Morgan fingerprint density at radius 3 is 2.68 bits per heavy atom. The molecule has 106 valence electrons. The number of nitrogens with two attached hydrogens (primary N) is 1.